The van der Waals surface area contributed by atoms with E-state index in [1.54, 1.807) is 0 Å². The van der Waals surface area contributed by atoms with Crippen molar-refractivity contribution in [2.24, 2.45) is 0 Å². The second-order valence-corrected chi connectivity index (χ2v) is 23.1. The van der Waals surface area contributed by atoms with Gasteiger partial charge in [-0.25, -0.2) is 0 Å². The van der Waals surface area contributed by atoms with Crippen molar-refractivity contribution in [3.63, 3.8) is 0 Å². The lowest BCUT2D eigenvalue weighted by Gasteiger charge is -2.34. The number of hydrogen-bond donors (Lipinski definition) is 0. The van der Waals surface area contributed by atoms with Crippen molar-refractivity contribution >= 4 is 21.9 Å². The fraction of sp³-hybridized carbons (Fsp3) is 0.0370. The summed E-state index contributed by atoms with van der Waals surface area (Å²) in [6.45, 7) is 0. The molecule has 0 N–H and O–H groups in total. The fourth-order valence-corrected chi connectivity index (χ4v) is 16.9. The molecule has 5 aliphatic carbocycles. The lowest BCUT2D eigenvalue weighted by Crippen LogP contribution is -2.28. The summed E-state index contributed by atoms with van der Waals surface area (Å²) in [4.78, 5) is 0. The molecular weight excluding hydrogens is 989 g/mol. The van der Waals surface area contributed by atoms with E-state index in [4.69, 9.17) is 4.42 Å². The molecule has 0 saturated carbocycles. The Labute approximate surface area is 475 Å². The van der Waals surface area contributed by atoms with Crippen LogP contribution < -0.4 is 0 Å². The third-order valence-electron chi connectivity index (χ3n) is 19.9. The normalized spacial score (nSPS) is 14.9. The monoisotopic (exact) mass is 1040 g/mol. The minimum Gasteiger partial charge on any atom is -0.455 e. The summed E-state index contributed by atoms with van der Waals surface area (Å²) < 4.78 is 6.98. The lowest BCUT2D eigenvalue weighted by atomic mass is 9.67. The quantitative estimate of drug-likeness (QED) is 0.171. The summed E-state index contributed by atoms with van der Waals surface area (Å²) >= 11 is 0. The summed E-state index contributed by atoms with van der Waals surface area (Å²) in [5, 5.41) is 2.27. The van der Waals surface area contributed by atoms with E-state index in [2.05, 4.69) is 291 Å². The van der Waals surface area contributed by atoms with Crippen molar-refractivity contribution in [3.8, 4) is 77.9 Å². The maximum atomic E-state index is 6.98. The smallest absolute Gasteiger partial charge is 0.143 e. The van der Waals surface area contributed by atoms with Crippen molar-refractivity contribution in [2.75, 3.05) is 0 Å². The molecule has 0 fully saturated rings. The predicted octanol–water partition coefficient (Wildman–Crippen LogP) is 20.0. The lowest BCUT2D eigenvalue weighted by molar-refractivity contribution is 0.669. The Balaban J connectivity index is 0.814. The van der Waals surface area contributed by atoms with E-state index in [1.807, 2.05) is 0 Å². The minimum absolute atomic E-state index is 0.414. The Morgan fingerprint density at radius 3 is 0.951 bits per heavy atom. The largest absolute Gasteiger partial charge is 0.455 e. The van der Waals surface area contributed by atoms with Crippen molar-refractivity contribution in [3.05, 3.63) is 358 Å². The summed E-state index contributed by atoms with van der Waals surface area (Å²) in [5.41, 5.74) is 33.8. The van der Waals surface area contributed by atoms with E-state index in [9.17, 15) is 0 Å². The van der Waals surface area contributed by atoms with Crippen LogP contribution in [0, 0.1) is 0 Å². The molecule has 1 heterocycles. The summed E-state index contributed by atoms with van der Waals surface area (Å²) in [5.74, 6) is 0. The van der Waals surface area contributed by atoms with Crippen LogP contribution in [0.2, 0.25) is 0 Å². The van der Waals surface area contributed by atoms with Crippen LogP contribution in [0.3, 0.4) is 0 Å². The van der Waals surface area contributed by atoms with Crippen LogP contribution in [0.15, 0.2) is 296 Å². The molecule has 2 spiro atoms. The third kappa shape index (κ3) is 5.23. The van der Waals surface area contributed by atoms with Gasteiger partial charge in [-0.1, -0.05) is 285 Å². The molecule has 0 unspecified atom stereocenters. The van der Waals surface area contributed by atoms with Gasteiger partial charge in [0.2, 0.25) is 0 Å². The molecule has 14 aromatic rings. The van der Waals surface area contributed by atoms with Gasteiger partial charge in [-0.3, -0.25) is 0 Å². The molecule has 0 radical (unpaired) electrons. The molecule has 0 bridgehead atoms. The molecule has 0 amide bonds. The van der Waals surface area contributed by atoms with Gasteiger partial charge in [0.25, 0.3) is 0 Å². The van der Waals surface area contributed by atoms with Crippen LogP contribution in [0.25, 0.3) is 99.8 Å². The zero-order chi connectivity index (χ0) is 53.5. The van der Waals surface area contributed by atoms with E-state index < -0.39 is 16.2 Å². The van der Waals surface area contributed by atoms with E-state index in [-0.39, 0.29) is 0 Å². The standard InChI is InChI=1S/C81H48O/c1-9-29-64-55(19-1)56-20-2-10-30-65(56)80(64)69-34-14-5-24-61(69)75-53(27-17-36-71(75)80)49-39-43-51(44-40-49)79(68-33-13-7-26-63(68)77-73(79)48-47-60-59-23-8-16-38-74(59)82-78(60)77)52-45-41-50(42-46-52)54-28-18-37-72-76(54)62-25-6-15-35-70(62)81(72)66-31-11-3-21-57(66)58-22-4-12-32-67(58)81/h1-48H. The van der Waals surface area contributed by atoms with Gasteiger partial charge < -0.3 is 4.42 Å². The maximum Gasteiger partial charge on any atom is 0.143 e. The highest BCUT2D eigenvalue weighted by Gasteiger charge is 2.54. The number of furan rings is 1. The van der Waals surface area contributed by atoms with E-state index >= 15 is 0 Å². The Morgan fingerprint density at radius 1 is 0.195 bits per heavy atom. The first-order valence-electron chi connectivity index (χ1n) is 28.8. The zero-order valence-electron chi connectivity index (χ0n) is 44.6. The molecule has 5 aliphatic rings. The van der Waals surface area contributed by atoms with Gasteiger partial charge in [0.15, 0.2) is 0 Å². The number of benzene rings is 13. The van der Waals surface area contributed by atoms with Gasteiger partial charge >= 0.3 is 0 Å². The Kier molecular flexibility index (Phi) is 8.65. The molecular formula is C81H48O. The Morgan fingerprint density at radius 2 is 0.512 bits per heavy atom. The first kappa shape index (κ1) is 44.5. The van der Waals surface area contributed by atoms with Gasteiger partial charge in [-0.15, -0.1) is 0 Å². The fourth-order valence-electron chi connectivity index (χ4n) is 16.9. The van der Waals surface area contributed by atoms with Crippen LogP contribution in [0.1, 0.15) is 66.8 Å². The second kappa shape index (κ2) is 15.9. The third-order valence-corrected chi connectivity index (χ3v) is 19.9. The van der Waals surface area contributed by atoms with Crippen LogP contribution in [0.4, 0.5) is 0 Å². The van der Waals surface area contributed by atoms with Gasteiger partial charge in [0.1, 0.15) is 11.2 Å². The summed E-state index contributed by atoms with van der Waals surface area (Å²) in [7, 11) is 0. The SMILES string of the molecule is c1ccc2c(c1)-c1c(ccc3c1oc1ccccc13)C2(c1ccc(-c2cccc3c2-c2ccccc2C32c3ccccc3-c3ccccc32)cc1)c1ccc(-c2cccc3c2-c2ccccc2C32c3ccccc3-c3ccccc32)cc1. The highest BCUT2D eigenvalue weighted by Crippen LogP contribution is 2.67. The van der Waals surface area contributed by atoms with Crippen LogP contribution in [-0.4, -0.2) is 0 Å². The molecule has 0 saturated heterocycles. The minimum atomic E-state index is -0.685. The first-order chi connectivity index (χ1) is 40.7. The number of rotatable bonds is 4. The van der Waals surface area contributed by atoms with Crippen molar-refractivity contribution in [1.29, 1.82) is 0 Å². The summed E-state index contributed by atoms with van der Waals surface area (Å²) in [6, 6.07) is 110. The summed E-state index contributed by atoms with van der Waals surface area (Å²) in [6.07, 6.45) is 0. The molecule has 1 heteroatoms. The number of para-hydroxylation sites is 1. The highest BCUT2D eigenvalue weighted by molar-refractivity contribution is 6.13. The highest BCUT2D eigenvalue weighted by atomic mass is 16.3. The molecule has 0 atom stereocenters. The molecule has 0 aliphatic heterocycles. The van der Waals surface area contributed by atoms with Crippen molar-refractivity contribution in [1.82, 2.24) is 0 Å². The van der Waals surface area contributed by atoms with Crippen molar-refractivity contribution < 1.29 is 4.42 Å². The Bertz CT molecular complexity index is 4770. The average Bonchev–Trinajstić information content (AvgIpc) is 4.03. The van der Waals surface area contributed by atoms with Crippen LogP contribution in [0.5, 0.6) is 0 Å². The first-order valence-corrected chi connectivity index (χ1v) is 28.8. The van der Waals surface area contributed by atoms with Gasteiger partial charge in [0.05, 0.1) is 16.2 Å². The van der Waals surface area contributed by atoms with E-state index in [0.29, 0.717) is 0 Å². The van der Waals surface area contributed by atoms with Crippen LogP contribution in [-0.2, 0) is 16.2 Å². The van der Waals surface area contributed by atoms with Gasteiger partial charge in [-0.05, 0) is 145 Å². The van der Waals surface area contributed by atoms with Gasteiger partial charge in [-0.2, -0.15) is 0 Å². The van der Waals surface area contributed by atoms with Crippen LogP contribution >= 0.6 is 0 Å². The topological polar surface area (TPSA) is 13.1 Å². The molecule has 1 nitrogen and oxygen atoms in total. The molecule has 378 valence electrons. The maximum absolute atomic E-state index is 6.98. The second-order valence-electron chi connectivity index (χ2n) is 23.1. The Hall–Kier alpha value is -10.3. The van der Waals surface area contributed by atoms with E-state index in [0.717, 1.165) is 27.5 Å². The average molecular weight is 1040 g/mol. The molecule has 19 rings (SSSR count). The number of hydrogen-bond acceptors (Lipinski definition) is 1. The van der Waals surface area contributed by atoms with Gasteiger partial charge in [0, 0.05) is 16.3 Å². The number of fused-ring (bicyclic) bond motifs is 27. The van der Waals surface area contributed by atoms with Crippen molar-refractivity contribution in [2.45, 2.75) is 16.2 Å². The molecule has 82 heavy (non-hydrogen) atoms. The zero-order valence-corrected chi connectivity index (χ0v) is 44.6. The molecule has 13 aromatic carbocycles. The van der Waals surface area contributed by atoms with E-state index in [1.165, 1.54) is 139 Å². The predicted molar refractivity (Wildman–Crippen MR) is 334 cm³/mol. The molecule has 1 aromatic heterocycles.